The van der Waals surface area contributed by atoms with Gasteiger partial charge in [-0.3, -0.25) is 0 Å². The Labute approximate surface area is 127 Å². The maximum absolute atomic E-state index is 5.91. The lowest BCUT2D eigenvalue weighted by atomic mass is 10.2. The molecule has 0 fully saturated rings. The van der Waals surface area contributed by atoms with E-state index in [-0.39, 0.29) is 0 Å². The van der Waals surface area contributed by atoms with Gasteiger partial charge in [0, 0.05) is 37.5 Å². The zero-order valence-corrected chi connectivity index (χ0v) is 12.9. The third-order valence-corrected chi connectivity index (χ3v) is 5.41. The van der Waals surface area contributed by atoms with Crippen molar-refractivity contribution in [2.45, 2.75) is 16.3 Å². The summed E-state index contributed by atoms with van der Waals surface area (Å²) in [5.41, 5.74) is 8.05. The van der Waals surface area contributed by atoms with Crippen LogP contribution in [0.25, 0.3) is 10.1 Å². The molecule has 102 valence electrons. The second-order valence-electron chi connectivity index (χ2n) is 4.60. The van der Waals surface area contributed by atoms with E-state index in [1.54, 1.807) is 11.3 Å². The van der Waals surface area contributed by atoms with Gasteiger partial charge in [0.1, 0.15) is 0 Å². The monoisotopic (exact) mass is 300 g/mol. The largest absolute Gasteiger partial charge is 0.399 e. The van der Waals surface area contributed by atoms with Crippen molar-refractivity contribution in [2.75, 3.05) is 12.8 Å². The van der Waals surface area contributed by atoms with Crippen LogP contribution >= 0.6 is 23.1 Å². The highest BCUT2D eigenvalue weighted by molar-refractivity contribution is 7.99. The van der Waals surface area contributed by atoms with Gasteiger partial charge in [0.2, 0.25) is 0 Å². The Morgan fingerprint density at radius 3 is 2.85 bits per heavy atom. The molecule has 20 heavy (non-hydrogen) atoms. The minimum absolute atomic E-state index is 0.821. The molecule has 0 radical (unpaired) electrons. The van der Waals surface area contributed by atoms with E-state index in [1.165, 1.54) is 25.4 Å². The molecule has 1 aromatic heterocycles. The second kappa shape index (κ2) is 5.87. The SMILES string of the molecule is CNCc1ccccc1Sc1csc2ccc(N)cc12. The van der Waals surface area contributed by atoms with Crippen LogP contribution in [0.1, 0.15) is 5.56 Å². The van der Waals surface area contributed by atoms with Crippen LogP contribution in [0.15, 0.2) is 57.6 Å². The molecule has 3 rings (SSSR count). The van der Waals surface area contributed by atoms with E-state index in [2.05, 4.69) is 47.1 Å². The molecule has 0 unspecified atom stereocenters. The van der Waals surface area contributed by atoms with Crippen LogP contribution in [0.4, 0.5) is 5.69 Å². The number of thiophene rings is 1. The lowest BCUT2D eigenvalue weighted by Crippen LogP contribution is -2.05. The fourth-order valence-electron chi connectivity index (χ4n) is 2.16. The van der Waals surface area contributed by atoms with Gasteiger partial charge in [0.05, 0.1) is 0 Å². The number of benzene rings is 2. The number of nitrogens with two attached hydrogens (primary N) is 1. The molecule has 3 N–H and O–H groups in total. The molecule has 1 heterocycles. The molecule has 0 amide bonds. The summed E-state index contributed by atoms with van der Waals surface area (Å²) in [5.74, 6) is 0. The molecular weight excluding hydrogens is 284 g/mol. The van der Waals surface area contributed by atoms with Crippen molar-refractivity contribution >= 4 is 38.9 Å². The summed E-state index contributed by atoms with van der Waals surface area (Å²) in [6, 6.07) is 14.6. The minimum Gasteiger partial charge on any atom is -0.399 e. The third-order valence-electron chi connectivity index (χ3n) is 3.12. The van der Waals surface area contributed by atoms with Crippen molar-refractivity contribution in [3.05, 3.63) is 53.4 Å². The molecule has 2 aromatic carbocycles. The number of hydrogen-bond donors (Lipinski definition) is 2. The van der Waals surface area contributed by atoms with Gasteiger partial charge in [-0.1, -0.05) is 30.0 Å². The smallest absolute Gasteiger partial charge is 0.0356 e. The third kappa shape index (κ3) is 2.68. The van der Waals surface area contributed by atoms with Crippen LogP contribution in [-0.4, -0.2) is 7.05 Å². The Hall–Kier alpha value is -1.49. The molecular formula is C16H16N2S2. The van der Waals surface area contributed by atoms with E-state index in [4.69, 9.17) is 5.73 Å². The van der Waals surface area contributed by atoms with Gasteiger partial charge in [0.15, 0.2) is 0 Å². The Morgan fingerprint density at radius 2 is 2.00 bits per heavy atom. The van der Waals surface area contributed by atoms with Gasteiger partial charge in [-0.25, -0.2) is 0 Å². The Balaban J connectivity index is 1.99. The zero-order chi connectivity index (χ0) is 13.9. The summed E-state index contributed by atoms with van der Waals surface area (Å²) >= 11 is 3.58. The van der Waals surface area contributed by atoms with E-state index < -0.39 is 0 Å². The van der Waals surface area contributed by atoms with E-state index in [1.807, 2.05) is 24.9 Å². The van der Waals surface area contributed by atoms with Gasteiger partial charge < -0.3 is 11.1 Å². The molecule has 2 nitrogen and oxygen atoms in total. The first-order chi connectivity index (χ1) is 9.78. The van der Waals surface area contributed by atoms with E-state index >= 15 is 0 Å². The predicted octanol–water partition coefficient (Wildman–Crippen LogP) is 4.35. The second-order valence-corrected chi connectivity index (χ2v) is 6.59. The standard InChI is InChI=1S/C16H16N2S2/c1-18-9-11-4-2-3-5-14(11)20-16-10-19-15-7-6-12(17)8-13(15)16/h2-8,10,18H,9,17H2,1H3. The number of nitrogens with one attached hydrogen (secondary N) is 1. The average molecular weight is 300 g/mol. The van der Waals surface area contributed by atoms with Crippen molar-refractivity contribution in [3.8, 4) is 0 Å². The Kier molecular flexibility index (Phi) is 3.96. The van der Waals surface area contributed by atoms with Crippen molar-refractivity contribution in [1.82, 2.24) is 5.32 Å². The lowest BCUT2D eigenvalue weighted by Gasteiger charge is -2.08. The molecule has 0 bridgehead atoms. The summed E-state index contributed by atoms with van der Waals surface area (Å²) in [7, 11) is 1.97. The van der Waals surface area contributed by atoms with Crippen molar-refractivity contribution < 1.29 is 0 Å². The van der Waals surface area contributed by atoms with Crippen LogP contribution < -0.4 is 11.1 Å². The normalized spacial score (nSPS) is 11.1. The molecule has 0 aliphatic rings. The van der Waals surface area contributed by atoms with Gasteiger partial charge in [-0.15, -0.1) is 11.3 Å². The molecule has 0 aliphatic heterocycles. The summed E-state index contributed by atoms with van der Waals surface area (Å²) in [6.45, 7) is 0.882. The Bertz CT molecular complexity index is 734. The molecule has 0 spiro atoms. The molecule has 3 aromatic rings. The molecule has 0 saturated heterocycles. The average Bonchev–Trinajstić information content (AvgIpc) is 2.84. The lowest BCUT2D eigenvalue weighted by molar-refractivity contribution is 0.803. The zero-order valence-electron chi connectivity index (χ0n) is 11.2. The van der Waals surface area contributed by atoms with Gasteiger partial charge in [0.25, 0.3) is 0 Å². The fraction of sp³-hybridized carbons (Fsp3) is 0.125. The van der Waals surface area contributed by atoms with Gasteiger partial charge in [-0.2, -0.15) is 0 Å². The first-order valence-electron chi connectivity index (χ1n) is 6.45. The fourth-order valence-corrected chi connectivity index (χ4v) is 4.30. The molecule has 0 aliphatic carbocycles. The highest BCUT2D eigenvalue weighted by Gasteiger charge is 2.08. The summed E-state index contributed by atoms with van der Waals surface area (Å²) < 4.78 is 1.28. The summed E-state index contributed by atoms with van der Waals surface area (Å²) in [5, 5.41) is 6.68. The maximum atomic E-state index is 5.91. The van der Waals surface area contributed by atoms with Crippen LogP contribution in [0.5, 0.6) is 0 Å². The molecule has 4 heteroatoms. The molecule has 0 saturated carbocycles. The van der Waals surface area contributed by atoms with Crippen LogP contribution in [0, 0.1) is 0 Å². The highest BCUT2D eigenvalue weighted by Crippen LogP contribution is 2.39. The van der Waals surface area contributed by atoms with Crippen LogP contribution in [0.2, 0.25) is 0 Å². The number of fused-ring (bicyclic) bond motifs is 1. The number of nitrogen functional groups attached to an aromatic ring is 1. The predicted molar refractivity (Wildman–Crippen MR) is 89.6 cm³/mol. The van der Waals surface area contributed by atoms with E-state index in [0.29, 0.717) is 0 Å². The number of rotatable bonds is 4. The Morgan fingerprint density at radius 1 is 1.15 bits per heavy atom. The van der Waals surface area contributed by atoms with Crippen LogP contribution in [-0.2, 0) is 6.54 Å². The minimum atomic E-state index is 0.821. The molecule has 0 atom stereocenters. The van der Waals surface area contributed by atoms with E-state index in [0.717, 1.165) is 12.2 Å². The number of anilines is 1. The number of hydrogen-bond acceptors (Lipinski definition) is 4. The van der Waals surface area contributed by atoms with Crippen molar-refractivity contribution in [1.29, 1.82) is 0 Å². The first-order valence-corrected chi connectivity index (χ1v) is 8.14. The topological polar surface area (TPSA) is 38.0 Å². The maximum Gasteiger partial charge on any atom is 0.0356 e. The van der Waals surface area contributed by atoms with Gasteiger partial charge in [-0.05, 0) is 36.9 Å². The highest BCUT2D eigenvalue weighted by atomic mass is 32.2. The van der Waals surface area contributed by atoms with Crippen LogP contribution in [0.3, 0.4) is 0 Å². The quantitative estimate of drug-likeness (QED) is 0.703. The van der Waals surface area contributed by atoms with Crippen molar-refractivity contribution in [3.63, 3.8) is 0 Å². The first kappa shape index (κ1) is 13.5. The van der Waals surface area contributed by atoms with E-state index in [9.17, 15) is 0 Å². The van der Waals surface area contributed by atoms with Gasteiger partial charge >= 0.3 is 0 Å². The van der Waals surface area contributed by atoms with Crippen molar-refractivity contribution in [2.24, 2.45) is 0 Å². The summed E-state index contributed by atoms with van der Waals surface area (Å²) in [6.07, 6.45) is 0. The summed E-state index contributed by atoms with van der Waals surface area (Å²) in [4.78, 5) is 2.57.